The first-order chi connectivity index (χ1) is 9.61. The highest BCUT2D eigenvalue weighted by Crippen LogP contribution is 2.16. The minimum atomic E-state index is 0.643. The maximum Gasteiger partial charge on any atom is 0.177 e. The number of imidazole rings is 1. The minimum Gasteiger partial charge on any atom is -0.339 e. The van der Waals surface area contributed by atoms with Gasteiger partial charge >= 0.3 is 0 Å². The van der Waals surface area contributed by atoms with Gasteiger partial charge in [-0.15, -0.1) is 0 Å². The average Bonchev–Trinajstić information content (AvgIpc) is 2.80. The van der Waals surface area contributed by atoms with Crippen LogP contribution in [0.15, 0.2) is 16.7 Å². The SMILES string of the molecule is CC(C)N1CCN(Cc2nc3ncc(Br)cc3[nH]2)CC1. The number of piperazine rings is 1. The van der Waals surface area contributed by atoms with Gasteiger partial charge in [0.25, 0.3) is 0 Å². The second-order valence-electron chi connectivity index (χ2n) is 5.61. The Bertz CT molecular complexity index is 586. The second kappa shape index (κ2) is 5.79. The summed E-state index contributed by atoms with van der Waals surface area (Å²) in [7, 11) is 0. The first-order valence-corrected chi connectivity index (χ1v) is 7.87. The van der Waals surface area contributed by atoms with Gasteiger partial charge in [0.2, 0.25) is 0 Å². The van der Waals surface area contributed by atoms with Crippen LogP contribution < -0.4 is 0 Å². The van der Waals surface area contributed by atoms with Crippen LogP contribution in [0.3, 0.4) is 0 Å². The van der Waals surface area contributed by atoms with Crippen LogP contribution in [-0.4, -0.2) is 57.0 Å². The maximum absolute atomic E-state index is 4.56. The van der Waals surface area contributed by atoms with Crippen molar-refractivity contribution < 1.29 is 0 Å². The molecule has 0 saturated carbocycles. The second-order valence-corrected chi connectivity index (χ2v) is 6.53. The van der Waals surface area contributed by atoms with Crippen molar-refractivity contribution in [1.29, 1.82) is 0 Å². The van der Waals surface area contributed by atoms with Crippen LogP contribution in [0.1, 0.15) is 19.7 Å². The molecule has 2 aromatic heterocycles. The Morgan fingerprint density at radius 2 is 2.05 bits per heavy atom. The molecule has 1 aliphatic rings. The van der Waals surface area contributed by atoms with E-state index in [2.05, 4.69) is 54.5 Å². The summed E-state index contributed by atoms with van der Waals surface area (Å²) in [4.78, 5) is 17.2. The summed E-state index contributed by atoms with van der Waals surface area (Å²) >= 11 is 3.43. The molecule has 1 saturated heterocycles. The molecule has 108 valence electrons. The van der Waals surface area contributed by atoms with E-state index in [1.807, 2.05) is 6.07 Å². The van der Waals surface area contributed by atoms with Gasteiger partial charge in [-0.1, -0.05) is 0 Å². The molecule has 1 N–H and O–H groups in total. The van der Waals surface area contributed by atoms with Crippen molar-refractivity contribution >= 4 is 27.1 Å². The molecule has 0 aromatic carbocycles. The third-order valence-electron chi connectivity index (χ3n) is 3.86. The van der Waals surface area contributed by atoms with Crippen molar-refractivity contribution in [3.8, 4) is 0 Å². The number of H-pyrrole nitrogens is 1. The van der Waals surface area contributed by atoms with E-state index in [9.17, 15) is 0 Å². The highest BCUT2D eigenvalue weighted by Gasteiger charge is 2.19. The summed E-state index contributed by atoms with van der Waals surface area (Å²) in [6.45, 7) is 9.89. The van der Waals surface area contributed by atoms with Gasteiger partial charge in [0.05, 0.1) is 12.1 Å². The molecule has 5 nitrogen and oxygen atoms in total. The zero-order valence-corrected chi connectivity index (χ0v) is 13.5. The van der Waals surface area contributed by atoms with Crippen molar-refractivity contribution in [2.75, 3.05) is 26.2 Å². The zero-order chi connectivity index (χ0) is 14.1. The standard InChI is InChI=1S/C14H20BrN5/c1-10(2)20-5-3-19(4-6-20)9-13-17-12-7-11(15)8-16-14(12)18-13/h7-8,10H,3-6,9H2,1-2H3,(H,16,17,18). The molecule has 2 aromatic rings. The Labute approximate surface area is 127 Å². The molecule has 3 heterocycles. The number of nitrogens with one attached hydrogen (secondary N) is 1. The van der Waals surface area contributed by atoms with E-state index in [0.29, 0.717) is 6.04 Å². The lowest BCUT2D eigenvalue weighted by Crippen LogP contribution is -2.48. The Morgan fingerprint density at radius 3 is 2.75 bits per heavy atom. The van der Waals surface area contributed by atoms with Crippen molar-refractivity contribution in [1.82, 2.24) is 24.8 Å². The topological polar surface area (TPSA) is 48.1 Å². The molecular weight excluding hydrogens is 318 g/mol. The molecule has 0 amide bonds. The van der Waals surface area contributed by atoms with Gasteiger partial charge < -0.3 is 4.98 Å². The molecule has 6 heteroatoms. The van der Waals surface area contributed by atoms with E-state index < -0.39 is 0 Å². The van der Waals surface area contributed by atoms with Gasteiger partial charge in [-0.3, -0.25) is 9.80 Å². The van der Waals surface area contributed by atoms with Crippen LogP contribution in [0, 0.1) is 0 Å². The molecular formula is C14H20BrN5. The van der Waals surface area contributed by atoms with Gasteiger partial charge in [0.1, 0.15) is 5.82 Å². The first kappa shape index (κ1) is 14.0. The van der Waals surface area contributed by atoms with Gasteiger partial charge in [0.15, 0.2) is 5.65 Å². The predicted molar refractivity (Wildman–Crippen MR) is 83.6 cm³/mol. The highest BCUT2D eigenvalue weighted by atomic mass is 79.9. The summed E-state index contributed by atoms with van der Waals surface area (Å²) < 4.78 is 0.978. The lowest BCUT2D eigenvalue weighted by molar-refractivity contribution is 0.102. The number of hydrogen-bond acceptors (Lipinski definition) is 4. The predicted octanol–water partition coefficient (Wildman–Crippen LogP) is 2.25. The van der Waals surface area contributed by atoms with Crippen LogP contribution in [0.5, 0.6) is 0 Å². The quantitative estimate of drug-likeness (QED) is 0.933. The zero-order valence-electron chi connectivity index (χ0n) is 11.9. The van der Waals surface area contributed by atoms with E-state index in [1.165, 1.54) is 0 Å². The van der Waals surface area contributed by atoms with Crippen LogP contribution in [0.4, 0.5) is 0 Å². The number of aromatic amines is 1. The van der Waals surface area contributed by atoms with Gasteiger partial charge in [-0.2, -0.15) is 0 Å². The van der Waals surface area contributed by atoms with Crippen LogP contribution in [0.2, 0.25) is 0 Å². The Morgan fingerprint density at radius 1 is 1.30 bits per heavy atom. The van der Waals surface area contributed by atoms with Crippen molar-refractivity contribution in [2.24, 2.45) is 0 Å². The average molecular weight is 338 g/mol. The maximum atomic E-state index is 4.56. The minimum absolute atomic E-state index is 0.643. The van der Waals surface area contributed by atoms with E-state index in [-0.39, 0.29) is 0 Å². The number of hydrogen-bond donors (Lipinski definition) is 1. The number of pyridine rings is 1. The molecule has 0 spiro atoms. The van der Waals surface area contributed by atoms with Crippen molar-refractivity contribution in [3.63, 3.8) is 0 Å². The molecule has 0 atom stereocenters. The molecule has 1 aliphatic heterocycles. The smallest absolute Gasteiger partial charge is 0.177 e. The van der Waals surface area contributed by atoms with E-state index >= 15 is 0 Å². The summed E-state index contributed by atoms with van der Waals surface area (Å²) in [6.07, 6.45) is 1.79. The third-order valence-corrected chi connectivity index (χ3v) is 4.30. The van der Waals surface area contributed by atoms with Crippen molar-refractivity contribution in [2.45, 2.75) is 26.4 Å². The lowest BCUT2D eigenvalue weighted by Gasteiger charge is -2.36. The molecule has 0 bridgehead atoms. The summed E-state index contributed by atoms with van der Waals surface area (Å²) in [5.41, 5.74) is 1.79. The molecule has 3 rings (SSSR count). The number of aromatic nitrogens is 3. The third kappa shape index (κ3) is 3.02. The molecule has 0 aliphatic carbocycles. The van der Waals surface area contributed by atoms with Gasteiger partial charge in [-0.25, -0.2) is 9.97 Å². The highest BCUT2D eigenvalue weighted by molar-refractivity contribution is 9.10. The molecule has 0 unspecified atom stereocenters. The van der Waals surface area contributed by atoms with Crippen LogP contribution in [0.25, 0.3) is 11.2 Å². The van der Waals surface area contributed by atoms with Crippen LogP contribution in [-0.2, 0) is 6.54 Å². The Balaban J connectivity index is 1.65. The van der Waals surface area contributed by atoms with E-state index in [1.54, 1.807) is 6.20 Å². The largest absolute Gasteiger partial charge is 0.339 e. The monoisotopic (exact) mass is 337 g/mol. The summed E-state index contributed by atoms with van der Waals surface area (Å²) in [5, 5.41) is 0. The summed E-state index contributed by atoms with van der Waals surface area (Å²) in [5.74, 6) is 1.00. The number of halogens is 1. The summed E-state index contributed by atoms with van der Waals surface area (Å²) in [6, 6.07) is 2.67. The number of nitrogens with zero attached hydrogens (tertiary/aromatic N) is 4. The molecule has 20 heavy (non-hydrogen) atoms. The fourth-order valence-electron chi connectivity index (χ4n) is 2.65. The van der Waals surface area contributed by atoms with Crippen molar-refractivity contribution in [3.05, 3.63) is 22.6 Å². The lowest BCUT2D eigenvalue weighted by atomic mass is 10.2. The fraction of sp³-hybridized carbons (Fsp3) is 0.571. The molecule has 1 fully saturated rings. The fourth-order valence-corrected chi connectivity index (χ4v) is 2.98. The Kier molecular flexibility index (Phi) is 4.05. The number of fused-ring (bicyclic) bond motifs is 1. The van der Waals surface area contributed by atoms with Crippen LogP contribution >= 0.6 is 15.9 Å². The van der Waals surface area contributed by atoms with E-state index in [0.717, 1.165) is 54.2 Å². The number of rotatable bonds is 3. The first-order valence-electron chi connectivity index (χ1n) is 7.08. The van der Waals surface area contributed by atoms with Gasteiger partial charge in [-0.05, 0) is 35.8 Å². The normalized spacial score (nSPS) is 18.2. The Hall–Kier alpha value is -0.980. The van der Waals surface area contributed by atoms with Gasteiger partial charge in [0, 0.05) is 42.9 Å². The van der Waals surface area contributed by atoms with E-state index in [4.69, 9.17) is 0 Å². The molecule has 0 radical (unpaired) electrons.